The van der Waals surface area contributed by atoms with Gasteiger partial charge >= 0.3 is 0 Å². The van der Waals surface area contributed by atoms with Gasteiger partial charge in [-0.15, -0.1) is 0 Å². The van der Waals surface area contributed by atoms with Gasteiger partial charge in [-0.25, -0.2) is 0 Å². The molecular weight excluding hydrogens is 150 g/mol. The van der Waals surface area contributed by atoms with Crippen LogP contribution in [0.25, 0.3) is 0 Å². The molecule has 0 saturated heterocycles. The van der Waals surface area contributed by atoms with Crippen LogP contribution in [0.5, 0.6) is 5.75 Å². The van der Waals surface area contributed by atoms with Gasteiger partial charge in [0.05, 0.1) is 0 Å². The second kappa shape index (κ2) is 4.12. The summed E-state index contributed by atoms with van der Waals surface area (Å²) >= 11 is 0. The smallest absolute Gasteiger partial charge is 0.115 e. The summed E-state index contributed by atoms with van der Waals surface area (Å²) in [7, 11) is 1.95. The second-order valence-corrected chi connectivity index (χ2v) is 3.06. The Bertz CT molecular complexity index is 230. The minimum absolute atomic E-state index is 0.330. The van der Waals surface area contributed by atoms with Gasteiger partial charge in [0, 0.05) is 6.04 Å². The summed E-state index contributed by atoms with van der Waals surface area (Å²) in [6, 6.07) is 7.82. The van der Waals surface area contributed by atoms with Crippen molar-refractivity contribution in [3.05, 3.63) is 29.8 Å². The number of phenolic OH excluding ortho intramolecular Hbond substituents is 1. The van der Waals surface area contributed by atoms with Crippen LogP contribution in [0.15, 0.2) is 24.3 Å². The van der Waals surface area contributed by atoms with Crippen LogP contribution in [0.4, 0.5) is 0 Å². The number of hydrogen-bond acceptors (Lipinski definition) is 2. The normalized spacial score (nSPS) is 12.8. The molecule has 0 aliphatic rings. The van der Waals surface area contributed by atoms with Gasteiger partial charge in [0.2, 0.25) is 0 Å². The number of phenols is 1. The number of benzene rings is 1. The fourth-order valence-corrected chi connectivity index (χ4v) is 1.09. The molecule has 1 aromatic carbocycles. The van der Waals surface area contributed by atoms with Crippen molar-refractivity contribution in [2.75, 3.05) is 7.05 Å². The zero-order valence-electron chi connectivity index (χ0n) is 7.54. The lowest BCUT2D eigenvalue weighted by Gasteiger charge is -2.09. The molecule has 0 radical (unpaired) electrons. The molecule has 2 heteroatoms. The van der Waals surface area contributed by atoms with Crippen LogP contribution in [0.3, 0.4) is 0 Å². The van der Waals surface area contributed by atoms with E-state index in [9.17, 15) is 0 Å². The molecule has 0 saturated carbocycles. The molecule has 12 heavy (non-hydrogen) atoms. The average Bonchev–Trinajstić information content (AvgIpc) is 2.09. The lowest BCUT2D eigenvalue weighted by molar-refractivity contribution is 0.475. The highest BCUT2D eigenvalue weighted by molar-refractivity contribution is 5.26. The second-order valence-electron chi connectivity index (χ2n) is 3.06. The van der Waals surface area contributed by atoms with Gasteiger partial charge in [-0.05, 0) is 38.1 Å². The third-order valence-electron chi connectivity index (χ3n) is 1.97. The molecule has 1 rings (SSSR count). The molecule has 1 aromatic rings. The van der Waals surface area contributed by atoms with E-state index < -0.39 is 0 Å². The lowest BCUT2D eigenvalue weighted by Crippen LogP contribution is -2.23. The van der Waals surface area contributed by atoms with Crippen molar-refractivity contribution in [2.45, 2.75) is 19.4 Å². The van der Waals surface area contributed by atoms with E-state index in [1.54, 1.807) is 12.1 Å². The monoisotopic (exact) mass is 165 g/mol. The Morgan fingerprint density at radius 3 is 2.42 bits per heavy atom. The number of aromatic hydroxyl groups is 1. The Kier molecular flexibility index (Phi) is 3.11. The first-order valence-electron chi connectivity index (χ1n) is 4.17. The highest BCUT2D eigenvalue weighted by Crippen LogP contribution is 2.10. The zero-order valence-corrected chi connectivity index (χ0v) is 7.54. The van der Waals surface area contributed by atoms with Crippen LogP contribution in [-0.2, 0) is 6.42 Å². The van der Waals surface area contributed by atoms with E-state index in [1.807, 2.05) is 19.2 Å². The Hall–Kier alpha value is -1.02. The Labute approximate surface area is 73.2 Å². The number of likely N-dealkylation sites (N-methyl/N-ethyl adjacent to an activating group) is 1. The van der Waals surface area contributed by atoms with Crippen molar-refractivity contribution >= 4 is 0 Å². The van der Waals surface area contributed by atoms with Gasteiger partial charge in [-0.2, -0.15) is 0 Å². The first-order valence-corrected chi connectivity index (χ1v) is 4.17. The number of hydrogen-bond donors (Lipinski definition) is 2. The van der Waals surface area contributed by atoms with Crippen molar-refractivity contribution in [1.29, 1.82) is 0 Å². The largest absolute Gasteiger partial charge is 0.508 e. The van der Waals surface area contributed by atoms with Crippen LogP contribution in [0.1, 0.15) is 12.5 Å². The number of rotatable bonds is 3. The molecule has 0 fully saturated rings. The van der Waals surface area contributed by atoms with Crippen molar-refractivity contribution in [1.82, 2.24) is 5.32 Å². The number of nitrogens with one attached hydrogen (secondary N) is 1. The van der Waals surface area contributed by atoms with Crippen molar-refractivity contribution in [3.8, 4) is 5.75 Å². The lowest BCUT2D eigenvalue weighted by atomic mass is 10.1. The van der Waals surface area contributed by atoms with E-state index in [0.717, 1.165) is 6.42 Å². The molecule has 0 aromatic heterocycles. The molecule has 0 spiro atoms. The quantitative estimate of drug-likeness (QED) is 0.712. The zero-order chi connectivity index (χ0) is 8.97. The van der Waals surface area contributed by atoms with Crippen LogP contribution in [-0.4, -0.2) is 18.2 Å². The van der Waals surface area contributed by atoms with E-state index in [4.69, 9.17) is 5.11 Å². The average molecular weight is 165 g/mol. The maximum Gasteiger partial charge on any atom is 0.115 e. The van der Waals surface area contributed by atoms with Gasteiger partial charge in [0.1, 0.15) is 5.75 Å². The molecule has 0 bridgehead atoms. The Morgan fingerprint density at radius 1 is 1.33 bits per heavy atom. The highest BCUT2D eigenvalue weighted by atomic mass is 16.3. The maximum absolute atomic E-state index is 9.03. The molecule has 0 heterocycles. The molecular formula is C10H15NO. The minimum atomic E-state index is 0.330. The molecule has 66 valence electrons. The van der Waals surface area contributed by atoms with Gasteiger partial charge < -0.3 is 10.4 Å². The predicted molar refractivity (Wildman–Crippen MR) is 50.3 cm³/mol. The van der Waals surface area contributed by atoms with Crippen LogP contribution < -0.4 is 5.32 Å². The summed E-state index contributed by atoms with van der Waals surface area (Å²) in [6.45, 7) is 2.13. The van der Waals surface area contributed by atoms with Crippen LogP contribution in [0.2, 0.25) is 0 Å². The van der Waals surface area contributed by atoms with Crippen molar-refractivity contribution < 1.29 is 5.11 Å². The highest BCUT2D eigenvalue weighted by Gasteiger charge is 1.99. The minimum Gasteiger partial charge on any atom is -0.508 e. The third-order valence-corrected chi connectivity index (χ3v) is 1.97. The fourth-order valence-electron chi connectivity index (χ4n) is 1.09. The first kappa shape index (κ1) is 9.07. The summed E-state index contributed by atoms with van der Waals surface area (Å²) in [6.07, 6.45) is 0.997. The SMILES string of the molecule is CN[C@H](C)Cc1ccc(O)cc1. The topological polar surface area (TPSA) is 32.3 Å². The Balaban J connectivity index is 2.58. The van der Waals surface area contributed by atoms with Crippen molar-refractivity contribution in [3.63, 3.8) is 0 Å². The summed E-state index contributed by atoms with van der Waals surface area (Å²) in [4.78, 5) is 0. The van der Waals surface area contributed by atoms with Gasteiger partial charge in [-0.3, -0.25) is 0 Å². The summed E-state index contributed by atoms with van der Waals surface area (Å²) in [5.74, 6) is 0.330. The van der Waals surface area contributed by atoms with Gasteiger partial charge in [0.15, 0.2) is 0 Å². The van der Waals surface area contributed by atoms with Gasteiger partial charge in [0.25, 0.3) is 0 Å². The molecule has 0 aliphatic heterocycles. The third kappa shape index (κ3) is 2.55. The molecule has 0 aliphatic carbocycles. The predicted octanol–water partition coefficient (Wildman–Crippen LogP) is 1.54. The first-order chi connectivity index (χ1) is 5.72. The summed E-state index contributed by atoms with van der Waals surface area (Å²) in [5, 5.41) is 12.2. The van der Waals surface area contributed by atoms with Gasteiger partial charge in [-0.1, -0.05) is 12.1 Å². The maximum atomic E-state index is 9.03. The molecule has 1 atom stereocenters. The molecule has 2 N–H and O–H groups in total. The van der Waals surface area contributed by atoms with Crippen LogP contribution >= 0.6 is 0 Å². The van der Waals surface area contributed by atoms with E-state index in [0.29, 0.717) is 11.8 Å². The Morgan fingerprint density at radius 2 is 1.92 bits per heavy atom. The van der Waals surface area contributed by atoms with E-state index >= 15 is 0 Å². The fraction of sp³-hybridized carbons (Fsp3) is 0.400. The summed E-state index contributed by atoms with van der Waals surface area (Å²) < 4.78 is 0. The summed E-state index contributed by atoms with van der Waals surface area (Å²) in [5.41, 5.74) is 1.25. The van der Waals surface area contributed by atoms with E-state index in [-0.39, 0.29) is 0 Å². The standard InChI is InChI=1S/C10H15NO/c1-8(11-2)7-9-3-5-10(12)6-4-9/h3-6,8,11-12H,7H2,1-2H3/t8-/m1/s1. The van der Waals surface area contributed by atoms with E-state index in [1.165, 1.54) is 5.56 Å². The van der Waals surface area contributed by atoms with Crippen molar-refractivity contribution in [2.24, 2.45) is 0 Å². The molecule has 0 amide bonds. The molecule has 2 nitrogen and oxygen atoms in total. The van der Waals surface area contributed by atoms with Crippen LogP contribution in [0, 0.1) is 0 Å². The molecule has 0 unspecified atom stereocenters. The van der Waals surface area contributed by atoms with E-state index in [2.05, 4.69) is 12.2 Å².